The summed E-state index contributed by atoms with van der Waals surface area (Å²) in [6, 6.07) is 79.0. The lowest BCUT2D eigenvalue weighted by molar-refractivity contribution is 1.16. The van der Waals surface area contributed by atoms with Gasteiger partial charge in [0.2, 0.25) is 0 Å². The first-order valence-corrected chi connectivity index (χ1v) is 24.6. The number of fused-ring (bicyclic) bond motifs is 9. The van der Waals surface area contributed by atoms with Crippen LogP contribution < -0.4 is 0 Å². The molecular weight excluding hydrogens is 917 g/mol. The predicted octanol–water partition coefficient (Wildman–Crippen LogP) is 18.1. The van der Waals surface area contributed by atoms with Crippen LogP contribution in [0.4, 0.5) is 17.1 Å². The fourth-order valence-electron chi connectivity index (χ4n) is 11.2. The smallest absolute Gasteiger partial charge is 0.198 e. The Kier molecular flexibility index (Phi) is 9.85. The van der Waals surface area contributed by atoms with Gasteiger partial charge < -0.3 is 13.7 Å². The van der Waals surface area contributed by atoms with Crippen molar-refractivity contribution in [2.24, 2.45) is 0 Å². The SMILES string of the molecule is [C-]#[N+]c1cc(-c2cc(-c3ccccc3[N+]#[C-])nc(-c3ccccc3[N+]#[C-])n2)ccc1-c1ccc(-n2c3ccc(-n4c5ccccc5c5ccccc54)cc3c3cc(-n4c5ccccc5c5ccccc54)ccc32)cc1. The summed E-state index contributed by atoms with van der Waals surface area (Å²) in [7, 11) is 0. The highest BCUT2D eigenvalue weighted by atomic mass is 15.0. The van der Waals surface area contributed by atoms with Gasteiger partial charge in [-0.3, -0.25) is 0 Å². The van der Waals surface area contributed by atoms with Gasteiger partial charge in [-0.25, -0.2) is 24.5 Å². The maximum Gasteiger partial charge on any atom is 0.198 e. The van der Waals surface area contributed by atoms with E-state index >= 15 is 0 Å². The van der Waals surface area contributed by atoms with Crippen LogP contribution in [0, 0.1) is 19.7 Å². The van der Waals surface area contributed by atoms with Gasteiger partial charge in [0.25, 0.3) is 0 Å². The molecule has 0 aliphatic rings. The van der Waals surface area contributed by atoms with Gasteiger partial charge in [-0.15, -0.1) is 0 Å². The van der Waals surface area contributed by atoms with E-state index in [-0.39, 0.29) is 0 Å². The molecule has 0 radical (unpaired) electrons. The number of para-hydroxylation sites is 6. The first-order chi connectivity index (χ1) is 37.1. The van der Waals surface area contributed by atoms with E-state index in [1.54, 1.807) is 12.1 Å². The van der Waals surface area contributed by atoms with E-state index < -0.39 is 0 Å². The zero-order valence-corrected chi connectivity index (χ0v) is 40.0. The number of benzene rings is 10. The third-order valence-corrected chi connectivity index (χ3v) is 14.6. The lowest BCUT2D eigenvalue weighted by Gasteiger charge is -2.13. The van der Waals surface area contributed by atoms with Crippen molar-refractivity contribution in [3.8, 4) is 62.1 Å². The van der Waals surface area contributed by atoms with Crippen LogP contribution in [0.15, 0.2) is 231 Å². The molecule has 0 saturated carbocycles. The third kappa shape index (κ3) is 6.81. The lowest BCUT2D eigenvalue weighted by atomic mass is 9.99. The van der Waals surface area contributed by atoms with Crippen LogP contribution in [0.3, 0.4) is 0 Å². The van der Waals surface area contributed by atoms with Crippen LogP contribution in [0.1, 0.15) is 0 Å². The predicted molar refractivity (Wildman–Crippen MR) is 306 cm³/mol. The fourth-order valence-corrected chi connectivity index (χ4v) is 11.2. The van der Waals surface area contributed by atoms with E-state index in [1.807, 2.05) is 60.7 Å². The van der Waals surface area contributed by atoms with Crippen molar-refractivity contribution in [3.05, 3.63) is 265 Å². The number of rotatable bonds is 7. The summed E-state index contributed by atoms with van der Waals surface area (Å²) in [5, 5.41) is 7.14. The number of hydrogen-bond donors (Lipinski definition) is 0. The molecule has 8 nitrogen and oxygen atoms in total. The molecule has 0 N–H and O–H groups in total. The molecule has 14 rings (SSSR count). The second-order valence-electron chi connectivity index (χ2n) is 18.6. The van der Waals surface area contributed by atoms with Gasteiger partial charge >= 0.3 is 0 Å². The Morgan fingerprint density at radius 1 is 0.280 bits per heavy atom. The highest BCUT2D eigenvalue weighted by molar-refractivity contribution is 6.14. The first-order valence-electron chi connectivity index (χ1n) is 24.6. The molecule has 0 unspecified atom stereocenters. The maximum atomic E-state index is 8.42. The number of nitrogens with zero attached hydrogens (tertiary/aromatic N) is 8. The van der Waals surface area contributed by atoms with Crippen molar-refractivity contribution in [2.75, 3.05) is 0 Å². The Bertz CT molecular complexity index is 4460. The standard InChI is InChI=1S/C67H38N8/c1-68-56-22-10-4-20-52(56)60-41-58(71-67(72-60)53-21-5-11-23-57(53)69-2)43-30-35-47(59(38-43)70-3)42-28-31-44(32-29-42)73-65-36-33-45(74-61-24-12-6-16-48(61)49-17-7-13-25-62(49)74)39-54(65)55-40-46(34-37-66(55)73)75-63-26-14-8-18-50(63)51-19-9-15-27-64(51)75/h4-41H. The van der Waals surface area contributed by atoms with Crippen LogP contribution in [0.2, 0.25) is 0 Å². The molecule has 0 amide bonds. The number of hydrogen-bond acceptors (Lipinski definition) is 2. The zero-order chi connectivity index (χ0) is 50.1. The van der Waals surface area contributed by atoms with Gasteiger partial charge in [-0.1, -0.05) is 146 Å². The highest BCUT2D eigenvalue weighted by Crippen LogP contribution is 2.42. The molecule has 4 heterocycles. The van der Waals surface area contributed by atoms with Gasteiger partial charge in [-0.2, -0.15) is 0 Å². The molecule has 4 aromatic heterocycles. The fraction of sp³-hybridized carbons (Fsp3) is 0. The molecule has 8 heteroatoms. The third-order valence-electron chi connectivity index (χ3n) is 14.6. The average molecular weight is 955 g/mol. The maximum absolute atomic E-state index is 8.42. The van der Waals surface area contributed by atoms with Gasteiger partial charge in [0.15, 0.2) is 17.1 Å². The quantitative estimate of drug-likeness (QED) is 0.149. The van der Waals surface area contributed by atoms with E-state index in [2.05, 4.69) is 186 Å². The summed E-state index contributed by atoms with van der Waals surface area (Å²) in [6.07, 6.45) is 0. The monoisotopic (exact) mass is 954 g/mol. The molecule has 0 aliphatic carbocycles. The van der Waals surface area contributed by atoms with E-state index in [0.717, 1.165) is 77.6 Å². The summed E-state index contributed by atoms with van der Waals surface area (Å²) < 4.78 is 7.11. The minimum atomic E-state index is 0.369. The van der Waals surface area contributed by atoms with Gasteiger partial charge in [0.1, 0.15) is 5.82 Å². The van der Waals surface area contributed by atoms with Gasteiger partial charge in [0.05, 0.1) is 64.2 Å². The topological polar surface area (TPSA) is 53.6 Å². The molecule has 0 atom stereocenters. The van der Waals surface area contributed by atoms with Crippen LogP contribution in [0.5, 0.6) is 0 Å². The first kappa shape index (κ1) is 43.0. The summed E-state index contributed by atoms with van der Waals surface area (Å²) in [5.74, 6) is 0.369. The van der Waals surface area contributed by atoms with Crippen molar-refractivity contribution in [1.29, 1.82) is 0 Å². The molecule has 75 heavy (non-hydrogen) atoms. The minimum Gasteiger partial charge on any atom is -0.309 e. The minimum absolute atomic E-state index is 0.369. The van der Waals surface area contributed by atoms with E-state index in [4.69, 9.17) is 29.7 Å². The highest BCUT2D eigenvalue weighted by Gasteiger charge is 2.21. The van der Waals surface area contributed by atoms with Crippen LogP contribution in [-0.4, -0.2) is 23.7 Å². The molecule has 0 saturated heterocycles. The molecular formula is C67H38N8. The summed E-state index contributed by atoms with van der Waals surface area (Å²) in [5.41, 5.74) is 16.1. The zero-order valence-electron chi connectivity index (χ0n) is 40.0. The van der Waals surface area contributed by atoms with Gasteiger partial charge in [-0.05, 0) is 102 Å². The molecule has 0 spiro atoms. The van der Waals surface area contributed by atoms with Crippen molar-refractivity contribution in [3.63, 3.8) is 0 Å². The molecule has 14 aromatic rings. The second kappa shape index (κ2) is 17.2. The summed E-state index contributed by atoms with van der Waals surface area (Å²) >= 11 is 0. The van der Waals surface area contributed by atoms with Crippen molar-refractivity contribution < 1.29 is 0 Å². The van der Waals surface area contributed by atoms with Crippen LogP contribution >= 0.6 is 0 Å². The Morgan fingerprint density at radius 3 is 1.20 bits per heavy atom. The summed E-state index contributed by atoms with van der Waals surface area (Å²) in [6.45, 7) is 24.2. The Hall–Kier alpha value is -10.9. The van der Waals surface area contributed by atoms with Crippen LogP contribution in [-0.2, 0) is 0 Å². The Labute approximate surface area is 431 Å². The second-order valence-corrected chi connectivity index (χ2v) is 18.6. The molecule has 0 fully saturated rings. The van der Waals surface area contributed by atoms with E-state index in [9.17, 15) is 0 Å². The van der Waals surface area contributed by atoms with E-state index in [0.29, 0.717) is 45.4 Å². The summed E-state index contributed by atoms with van der Waals surface area (Å²) in [4.78, 5) is 21.5. The van der Waals surface area contributed by atoms with Crippen molar-refractivity contribution in [2.45, 2.75) is 0 Å². The average Bonchev–Trinajstić information content (AvgIpc) is 4.15. The molecule has 0 aliphatic heterocycles. The molecule has 10 aromatic carbocycles. The normalized spacial score (nSPS) is 11.4. The van der Waals surface area contributed by atoms with Gasteiger partial charge in [0, 0.05) is 60.5 Å². The Morgan fingerprint density at radius 2 is 0.680 bits per heavy atom. The van der Waals surface area contributed by atoms with E-state index in [1.165, 1.54) is 21.5 Å². The van der Waals surface area contributed by atoms with Crippen LogP contribution in [0.25, 0.3) is 142 Å². The largest absolute Gasteiger partial charge is 0.309 e. The molecule has 346 valence electrons. The Balaban J connectivity index is 0.907. The van der Waals surface area contributed by atoms with Crippen molar-refractivity contribution >= 4 is 82.5 Å². The molecule has 0 bridgehead atoms. The number of aromatic nitrogens is 5. The lowest BCUT2D eigenvalue weighted by Crippen LogP contribution is -1.97. The van der Waals surface area contributed by atoms with Crippen molar-refractivity contribution in [1.82, 2.24) is 23.7 Å².